The zero-order valence-corrected chi connectivity index (χ0v) is 12.5. The van der Waals surface area contributed by atoms with Crippen LogP contribution in [0.3, 0.4) is 0 Å². The van der Waals surface area contributed by atoms with E-state index in [4.69, 9.17) is 5.73 Å². The predicted molar refractivity (Wildman–Crippen MR) is 82.4 cm³/mol. The molecule has 0 spiro atoms. The number of primary amides is 1. The Morgan fingerprint density at radius 1 is 1.36 bits per heavy atom. The molecule has 6 nitrogen and oxygen atoms in total. The molecule has 3 N–H and O–H groups in total. The summed E-state index contributed by atoms with van der Waals surface area (Å²) in [5, 5.41) is 6.73. The molecular formula is C16H18N4O2. The molecule has 1 aliphatic carbocycles. The van der Waals surface area contributed by atoms with Crippen LogP contribution in [0.1, 0.15) is 34.0 Å². The summed E-state index contributed by atoms with van der Waals surface area (Å²) < 4.78 is 1.46. The fourth-order valence-electron chi connectivity index (χ4n) is 2.82. The highest BCUT2D eigenvalue weighted by Crippen LogP contribution is 2.49. The molecular weight excluding hydrogens is 280 g/mol. The smallest absolute Gasteiger partial charge is 0.271 e. The molecule has 0 unspecified atom stereocenters. The van der Waals surface area contributed by atoms with Gasteiger partial charge in [-0.15, -0.1) is 0 Å². The molecule has 0 saturated heterocycles. The molecule has 1 saturated carbocycles. The van der Waals surface area contributed by atoms with E-state index in [2.05, 4.69) is 29.5 Å². The predicted octanol–water partition coefficient (Wildman–Crippen LogP) is 1.57. The second-order valence-electron chi connectivity index (χ2n) is 5.72. The number of nitrogens with zero attached hydrogens (tertiary/aromatic N) is 2. The van der Waals surface area contributed by atoms with Crippen LogP contribution in [0.2, 0.25) is 0 Å². The van der Waals surface area contributed by atoms with Gasteiger partial charge in [-0.05, 0) is 30.4 Å². The average Bonchev–Trinajstić information content (AvgIpc) is 3.17. The van der Waals surface area contributed by atoms with E-state index in [1.54, 1.807) is 13.2 Å². The number of aromatic nitrogens is 2. The van der Waals surface area contributed by atoms with E-state index in [0.717, 1.165) is 6.42 Å². The summed E-state index contributed by atoms with van der Waals surface area (Å²) in [6.07, 6.45) is 2.41. The molecule has 1 aromatic carbocycles. The standard InChI is InChI=1S/C16H18N4O2/c1-9-5-3-4-6-10(9)11-7-12(11)16(22)18-13-8-20(2)19-14(13)15(17)21/h3-6,8,11-12H,7H2,1-2H3,(H2,17,21)(H,18,22)/t11-,12+/m0/s1. The van der Waals surface area contributed by atoms with E-state index in [1.165, 1.54) is 15.8 Å². The summed E-state index contributed by atoms with van der Waals surface area (Å²) in [5.41, 5.74) is 8.13. The van der Waals surface area contributed by atoms with Crippen molar-refractivity contribution in [3.8, 4) is 0 Å². The Morgan fingerprint density at radius 2 is 2.09 bits per heavy atom. The number of carbonyl (C=O) groups is 2. The highest BCUT2D eigenvalue weighted by atomic mass is 16.2. The van der Waals surface area contributed by atoms with Gasteiger partial charge >= 0.3 is 0 Å². The summed E-state index contributed by atoms with van der Waals surface area (Å²) in [4.78, 5) is 23.7. The molecule has 6 heteroatoms. The van der Waals surface area contributed by atoms with Gasteiger partial charge in [0, 0.05) is 19.2 Å². The lowest BCUT2D eigenvalue weighted by molar-refractivity contribution is -0.117. The van der Waals surface area contributed by atoms with Gasteiger partial charge in [0.2, 0.25) is 5.91 Å². The van der Waals surface area contributed by atoms with E-state index in [-0.39, 0.29) is 23.4 Å². The van der Waals surface area contributed by atoms with E-state index < -0.39 is 5.91 Å². The summed E-state index contributed by atoms with van der Waals surface area (Å²) in [6, 6.07) is 8.09. The Hall–Kier alpha value is -2.63. The Labute approximate surface area is 128 Å². The van der Waals surface area contributed by atoms with Crippen molar-refractivity contribution in [3.05, 3.63) is 47.3 Å². The summed E-state index contributed by atoms with van der Waals surface area (Å²) in [7, 11) is 1.68. The minimum absolute atomic E-state index is 0.0676. The van der Waals surface area contributed by atoms with Gasteiger partial charge in [-0.3, -0.25) is 14.3 Å². The number of aryl methyl sites for hydroxylation is 2. The first-order valence-corrected chi connectivity index (χ1v) is 7.17. The molecule has 1 aliphatic rings. The van der Waals surface area contributed by atoms with Crippen molar-refractivity contribution in [2.75, 3.05) is 5.32 Å². The van der Waals surface area contributed by atoms with Gasteiger partial charge in [-0.1, -0.05) is 24.3 Å². The highest BCUT2D eigenvalue weighted by molar-refractivity contribution is 6.02. The highest BCUT2D eigenvalue weighted by Gasteiger charge is 2.44. The third kappa shape index (κ3) is 2.59. The van der Waals surface area contributed by atoms with E-state index in [0.29, 0.717) is 5.69 Å². The van der Waals surface area contributed by atoms with Crippen LogP contribution < -0.4 is 11.1 Å². The molecule has 2 aromatic rings. The zero-order valence-electron chi connectivity index (χ0n) is 12.5. The maximum Gasteiger partial charge on any atom is 0.271 e. The molecule has 0 radical (unpaired) electrons. The van der Waals surface area contributed by atoms with Crippen molar-refractivity contribution in [1.82, 2.24) is 9.78 Å². The van der Waals surface area contributed by atoms with Crippen LogP contribution in [0, 0.1) is 12.8 Å². The average molecular weight is 298 g/mol. The van der Waals surface area contributed by atoms with Gasteiger partial charge in [0.25, 0.3) is 5.91 Å². The normalized spacial score (nSPS) is 19.7. The molecule has 1 fully saturated rings. The van der Waals surface area contributed by atoms with Crippen LogP contribution in [0.5, 0.6) is 0 Å². The molecule has 0 bridgehead atoms. The number of rotatable bonds is 4. The molecule has 22 heavy (non-hydrogen) atoms. The van der Waals surface area contributed by atoms with Crippen molar-refractivity contribution in [1.29, 1.82) is 0 Å². The number of carbonyl (C=O) groups excluding carboxylic acids is 2. The number of hydrogen-bond donors (Lipinski definition) is 2. The number of hydrogen-bond acceptors (Lipinski definition) is 3. The number of anilines is 1. The van der Waals surface area contributed by atoms with Crippen molar-refractivity contribution >= 4 is 17.5 Å². The molecule has 3 rings (SSSR count). The van der Waals surface area contributed by atoms with Crippen LogP contribution in [0.4, 0.5) is 5.69 Å². The second kappa shape index (κ2) is 5.29. The lowest BCUT2D eigenvalue weighted by Crippen LogP contribution is -2.19. The van der Waals surface area contributed by atoms with Crippen LogP contribution >= 0.6 is 0 Å². The van der Waals surface area contributed by atoms with Gasteiger partial charge in [0.05, 0.1) is 5.69 Å². The first-order chi connectivity index (χ1) is 10.5. The van der Waals surface area contributed by atoms with Gasteiger partial charge < -0.3 is 11.1 Å². The minimum Gasteiger partial charge on any atom is -0.364 e. The monoisotopic (exact) mass is 298 g/mol. The topological polar surface area (TPSA) is 90.0 Å². The first kappa shape index (κ1) is 14.3. The molecule has 2 amide bonds. The van der Waals surface area contributed by atoms with Crippen LogP contribution in [-0.2, 0) is 11.8 Å². The van der Waals surface area contributed by atoms with Crippen LogP contribution in [0.25, 0.3) is 0 Å². The van der Waals surface area contributed by atoms with Crippen molar-refractivity contribution < 1.29 is 9.59 Å². The number of nitrogens with one attached hydrogen (secondary N) is 1. The zero-order chi connectivity index (χ0) is 15.9. The summed E-state index contributed by atoms with van der Waals surface area (Å²) in [6.45, 7) is 2.05. The molecule has 0 aliphatic heterocycles. The van der Waals surface area contributed by atoms with Crippen LogP contribution in [0.15, 0.2) is 30.5 Å². The van der Waals surface area contributed by atoms with Gasteiger partial charge in [-0.2, -0.15) is 5.10 Å². The third-order valence-corrected chi connectivity index (χ3v) is 4.04. The van der Waals surface area contributed by atoms with Gasteiger partial charge in [-0.25, -0.2) is 0 Å². The number of amides is 2. The van der Waals surface area contributed by atoms with Gasteiger partial charge in [0.1, 0.15) is 0 Å². The maximum atomic E-state index is 12.4. The van der Waals surface area contributed by atoms with Crippen LogP contribution in [-0.4, -0.2) is 21.6 Å². The van der Waals surface area contributed by atoms with E-state index >= 15 is 0 Å². The molecule has 1 heterocycles. The Kier molecular flexibility index (Phi) is 3.44. The van der Waals surface area contributed by atoms with Crippen molar-refractivity contribution in [2.24, 2.45) is 18.7 Å². The third-order valence-electron chi connectivity index (χ3n) is 4.04. The van der Waals surface area contributed by atoms with Crippen molar-refractivity contribution in [3.63, 3.8) is 0 Å². The number of benzene rings is 1. The Bertz CT molecular complexity index is 750. The molecule has 114 valence electrons. The number of nitrogens with two attached hydrogens (primary N) is 1. The lowest BCUT2D eigenvalue weighted by atomic mass is 10.0. The molecule has 1 aromatic heterocycles. The summed E-state index contributed by atoms with van der Waals surface area (Å²) in [5.74, 6) is -0.567. The fourth-order valence-corrected chi connectivity index (χ4v) is 2.82. The first-order valence-electron chi connectivity index (χ1n) is 7.17. The minimum atomic E-state index is -0.651. The van der Waals surface area contributed by atoms with E-state index in [9.17, 15) is 9.59 Å². The fraction of sp³-hybridized carbons (Fsp3) is 0.312. The lowest BCUT2D eigenvalue weighted by Gasteiger charge is -2.06. The van der Waals surface area contributed by atoms with Crippen molar-refractivity contribution in [2.45, 2.75) is 19.3 Å². The second-order valence-corrected chi connectivity index (χ2v) is 5.72. The SMILES string of the molecule is Cc1ccccc1[C@@H]1C[C@H]1C(=O)Nc1cn(C)nc1C(N)=O. The maximum absolute atomic E-state index is 12.4. The quantitative estimate of drug-likeness (QED) is 0.897. The largest absolute Gasteiger partial charge is 0.364 e. The molecule has 2 atom stereocenters. The van der Waals surface area contributed by atoms with Gasteiger partial charge in [0.15, 0.2) is 5.69 Å². The van der Waals surface area contributed by atoms with E-state index in [1.807, 2.05) is 12.1 Å². The summed E-state index contributed by atoms with van der Waals surface area (Å²) >= 11 is 0. The Balaban J connectivity index is 1.72. The Morgan fingerprint density at radius 3 is 2.77 bits per heavy atom.